The van der Waals surface area contributed by atoms with Crippen LogP contribution in [0.4, 0.5) is 5.82 Å². The Morgan fingerprint density at radius 1 is 1.12 bits per heavy atom. The van der Waals surface area contributed by atoms with Gasteiger partial charge in [0.2, 0.25) is 0 Å². The third-order valence-corrected chi connectivity index (χ3v) is 4.89. The highest BCUT2D eigenvalue weighted by molar-refractivity contribution is 6.06. The molecule has 0 bridgehead atoms. The molecular weight excluding hydrogens is 326 g/mol. The molecule has 0 fully saturated rings. The predicted octanol–water partition coefficient (Wildman–Crippen LogP) is 4.56. The molecule has 26 heavy (non-hydrogen) atoms. The molecule has 1 aliphatic heterocycles. The van der Waals surface area contributed by atoms with Crippen LogP contribution in [0.1, 0.15) is 62.6 Å². The molecule has 5 heteroatoms. The van der Waals surface area contributed by atoms with Crippen molar-refractivity contribution in [1.82, 2.24) is 10.2 Å². The Morgan fingerprint density at radius 2 is 1.88 bits per heavy atom. The first-order chi connectivity index (χ1) is 12.7. The Hall–Kier alpha value is -2.43. The van der Waals surface area contributed by atoms with Gasteiger partial charge in [-0.1, -0.05) is 51.0 Å². The lowest BCUT2D eigenvalue weighted by Gasteiger charge is -2.31. The van der Waals surface area contributed by atoms with E-state index < -0.39 is 5.92 Å². The van der Waals surface area contributed by atoms with Crippen molar-refractivity contribution in [3.63, 3.8) is 0 Å². The molecular formula is C21H27N3O2. The van der Waals surface area contributed by atoms with E-state index >= 15 is 0 Å². The second-order valence-corrected chi connectivity index (χ2v) is 6.68. The van der Waals surface area contributed by atoms with Crippen LogP contribution in [0.2, 0.25) is 0 Å². The Morgan fingerprint density at radius 3 is 2.62 bits per heavy atom. The summed E-state index contributed by atoms with van der Waals surface area (Å²) < 4.78 is 5.45. The van der Waals surface area contributed by atoms with Crippen LogP contribution >= 0.6 is 0 Å². The monoisotopic (exact) mass is 353 g/mol. The van der Waals surface area contributed by atoms with Gasteiger partial charge in [0.15, 0.2) is 5.82 Å². The predicted molar refractivity (Wildman–Crippen MR) is 103 cm³/mol. The second kappa shape index (κ2) is 8.30. The van der Waals surface area contributed by atoms with Gasteiger partial charge >= 0.3 is 5.97 Å². The summed E-state index contributed by atoms with van der Waals surface area (Å²) in [6, 6.07) is 8.40. The highest BCUT2D eigenvalue weighted by Crippen LogP contribution is 2.43. The summed E-state index contributed by atoms with van der Waals surface area (Å²) in [5, 5.41) is 7.20. The van der Waals surface area contributed by atoms with Gasteiger partial charge in [-0.15, -0.1) is 0 Å². The number of aliphatic imine (C=N–C) groups is 1. The van der Waals surface area contributed by atoms with Crippen LogP contribution in [0.3, 0.4) is 0 Å². The standard InChI is InChI=1S/C21H27N3O2/c1-4-9-14-11-7-8-12-15(14)18-16-13-22-24-20(16)23-17(10-5-2)19(18)21(25)26-6-3/h7-8,11-13,18-19H,4-6,9-10H2,1-3H3,(H,22,24). The van der Waals surface area contributed by atoms with E-state index in [0.717, 1.165) is 42.8 Å². The summed E-state index contributed by atoms with van der Waals surface area (Å²) in [5.74, 6) is 0.0794. The van der Waals surface area contributed by atoms with E-state index in [1.165, 1.54) is 11.1 Å². The van der Waals surface area contributed by atoms with Gasteiger partial charge in [0.25, 0.3) is 0 Å². The van der Waals surface area contributed by atoms with Gasteiger partial charge in [-0.3, -0.25) is 9.89 Å². The van der Waals surface area contributed by atoms with Gasteiger partial charge in [-0.25, -0.2) is 4.99 Å². The maximum atomic E-state index is 12.9. The molecule has 1 aliphatic rings. The van der Waals surface area contributed by atoms with Crippen molar-refractivity contribution in [2.75, 3.05) is 6.61 Å². The number of aromatic nitrogens is 2. The highest BCUT2D eigenvalue weighted by Gasteiger charge is 2.41. The summed E-state index contributed by atoms with van der Waals surface area (Å²) in [6.07, 6.45) is 5.55. The minimum atomic E-state index is -0.391. The van der Waals surface area contributed by atoms with Crippen molar-refractivity contribution in [2.45, 2.75) is 52.4 Å². The van der Waals surface area contributed by atoms with Gasteiger partial charge in [-0.05, 0) is 30.9 Å². The van der Waals surface area contributed by atoms with Gasteiger partial charge < -0.3 is 4.74 Å². The van der Waals surface area contributed by atoms with Crippen molar-refractivity contribution >= 4 is 17.5 Å². The van der Waals surface area contributed by atoms with E-state index in [-0.39, 0.29) is 11.9 Å². The minimum absolute atomic E-state index is 0.107. The van der Waals surface area contributed by atoms with E-state index in [2.05, 4.69) is 42.2 Å². The first-order valence-electron chi connectivity index (χ1n) is 9.56. The number of esters is 1. The number of hydrogen-bond donors (Lipinski definition) is 1. The summed E-state index contributed by atoms with van der Waals surface area (Å²) in [6.45, 7) is 6.50. The number of aromatic amines is 1. The topological polar surface area (TPSA) is 67.3 Å². The number of ether oxygens (including phenoxy) is 1. The van der Waals surface area contributed by atoms with Crippen LogP contribution < -0.4 is 0 Å². The minimum Gasteiger partial charge on any atom is -0.465 e. The average molecular weight is 353 g/mol. The van der Waals surface area contributed by atoms with Crippen molar-refractivity contribution in [2.24, 2.45) is 10.9 Å². The van der Waals surface area contributed by atoms with Crippen LogP contribution in [0.25, 0.3) is 0 Å². The van der Waals surface area contributed by atoms with Crippen LogP contribution in [-0.4, -0.2) is 28.5 Å². The Balaban J connectivity index is 2.16. The lowest BCUT2D eigenvalue weighted by molar-refractivity contribution is -0.146. The molecule has 1 N–H and O–H groups in total. The number of fused-ring (bicyclic) bond motifs is 1. The first kappa shape index (κ1) is 18.4. The number of nitrogens with one attached hydrogen (secondary N) is 1. The van der Waals surface area contributed by atoms with E-state index in [4.69, 9.17) is 9.73 Å². The molecule has 2 aromatic rings. The van der Waals surface area contributed by atoms with Crippen LogP contribution in [-0.2, 0) is 16.0 Å². The number of rotatable bonds is 7. The number of hydrogen-bond acceptors (Lipinski definition) is 4. The van der Waals surface area contributed by atoms with Crippen LogP contribution in [0.15, 0.2) is 35.5 Å². The zero-order valence-corrected chi connectivity index (χ0v) is 15.8. The second-order valence-electron chi connectivity index (χ2n) is 6.68. The Labute approximate surface area is 154 Å². The summed E-state index contributed by atoms with van der Waals surface area (Å²) in [7, 11) is 0. The molecule has 0 amide bonds. The summed E-state index contributed by atoms with van der Waals surface area (Å²) in [4.78, 5) is 17.7. The Kier molecular flexibility index (Phi) is 5.86. The van der Waals surface area contributed by atoms with E-state index in [1.807, 2.05) is 13.0 Å². The zero-order valence-electron chi connectivity index (χ0n) is 15.8. The molecule has 138 valence electrons. The highest BCUT2D eigenvalue weighted by atomic mass is 16.5. The molecule has 1 aromatic heterocycles. The molecule has 5 nitrogen and oxygen atoms in total. The smallest absolute Gasteiger partial charge is 0.315 e. The molecule has 0 saturated carbocycles. The maximum Gasteiger partial charge on any atom is 0.315 e. The largest absolute Gasteiger partial charge is 0.465 e. The molecule has 3 rings (SSSR count). The van der Waals surface area contributed by atoms with Crippen molar-refractivity contribution in [3.05, 3.63) is 47.2 Å². The molecule has 2 unspecified atom stereocenters. The quantitative estimate of drug-likeness (QED) is 0.742. The Bertz CT molecular complexity index is 794. The SMILES string of the molecule is CCCC1=Nc2[nH]ncc2C(c2ccccc2CCC)C1C(=O)OCC. The van der Waals surface area contributed by atoms with Gasteiger partial charge in [0.1, 0.15) is 5.92 Å². The lowest BCUT2D eigenvalue weighted by atomic mass is 9.74. The van der Waals surface area contributed by atoms with Gasteiger partial charge in [-0.2, -0.15) is 5.10 Å². The van der Waals surface area contributed by atoms with Crippen molar-refractivity contribution < 1.29 is 9.53 Å². The number of carbonyl (C=O) groups is 1. The van der Waals surface area contributed by atoms with Crippen molar-refractivity contribution in [3.8, 4) is 0 Å². The van der Waals surface area contributed by atoms with Crippen LogP contribution in [0, 0.1) is 5.92 Å². The number of benzene rings is 1. The third kappa shape index (κ3) is 3.43. The summed E-state index contributed by atoms with van der Waals surface area (Å²) in [5.41, 5.74) is 4.32. The molecule has 1 aromatic carbocycles. The zero-order chi connectivity index (χ0) is 18.5. The first-order valence-corrected chi connectivity index (χ1v) is 9.56. The molecule has 0 radical (unpaired) electrons. The molecule has 2 atom stereocenters. The fourth-order valence-electron chi connectivity index (χ4n) is 3.84. The number of aryl methyl sites for hydroxylation is 1. The maximum absolute atomic E-state index is 12.9. The number of H-pyrrole nitrogens is 1. The van der Waals surface area contributed by atoms with Gasteiger partial charge in [0.05, 0.1) is 12.8 Å². The fourth-order valence-corrected chi connectivity index (χ4v) is 3.84. The third-order valence-electron chi connectivity index (χ3n) is 4.89. The summed E-state index contributed by atoms with van der Waals surface area (Å²) >= 11 is 0. The van der Waals surface area contributed by atoms with Crippen LogP contribution in [0.5, 0.6) is 0 Å². The molecule has 0 saturated heterocycles. The van der Waals surface area contributed by atoms with Gasteiger partial charge in [0, 0.05) is 17.2 Å². The molecule has 0 spiro atoms. The number of nitrogens with zero attached hydrogens (tertiary/aromatic N) is 2. The van der Waals surface area contributed by atoms with E-state index in [0.29, 0.717) is 6.61 Å². The number of carbonyl (C=O) groups excluding carboxylic acids is 1. The van der Waals surface area contributed by atoms with E-state index in [1.54, 1.807) is 6.20 Å². The fraction of sp³-hybridized carbons (Fsp3) is 0.476. The lowest BCUT2D eigenvalue weighted by Crippen LogP contribution is -2.35. The average Bonchev–Trinajstić information content (AvgIpc) is 3.10. The van der Waals surface area contributed by atoms with Crippen molar-refractivity contribution in [1.29, 1.82) is 0 Å². The normalized spacial score (nSPS) is 19.0. The molecule has 0 aliphatic carbocycles. The van der Waals surface area contributed by atoms with E-state index in [9.17, 15) is 4.79 Å². The molecule has 2 heterocycles.